The lowest BCUT2D eigenvalue weighted by molar-refractivity contribution is 0.196. The van der Waals surface area contributed by atoms with E-state index in [0.29, 0.717) is 11.3 Å². The second kappa shape index (κ2) is 5.85. The molecule has 0 amide bonds. The van der Waals surface area contributed by atoms with Crippen LogP contribution in [0.15, 0.2) is 59.5 Å². The summed E-state index contributed by atoms with van der Waals surface area (Å²) >= 11 is 0. The van der Waals surface area contributed by atoms with Gasteiger partial charge in [-0.05, 0) is 30.7 Å². The van der Waals surface area contributed by atoms with Gasteiger partial charge in [-0.3, -0.25) is 0 Å². The van der Waals surface area contributed by atoms with Crippen LogP contribution in [0.25, 0.3) is 0 Å². The van der Waals surface area contributed by atoms with Crippen LogP contribution < -0.4 is 10.5 Å². The summed E-state index contributed by atoms with van der Waals surface area (Å²) in [4.78, 5) is 0.0677. The first-order chi connectivity index (χ1) is 9.87. The fraction of sp³-hybridized carbons (Fsp3) is 0.200. The zero-order valence-electron chi connectivity index (χ0n) is 11.7. The Morgan fingerprint density at radius 2 is 1.81 bits per heavy atom. The first kappa shape index (κ1) is 15.5. The van der Waals surface area contributed by atoms with E-state index in [1.54, 1.807) is 43.3 Å². The van der Waals surface area contributed by atoms with Crippen LogP contribution in [-0.4, -0.2) is 20.1 Å². The lowest BCUT2D eigenvalue weighted by Gasteiger charge is -2.29. The summed E-state index contributed by atoms with van der Waals surface area (Å²) < 4.78 is 27.5. The third kappa shape index (κ3) is 3.41. The predicted octanol–water partition coefficient (Wildman–Crippen LogP) is 1.45. The molecule has 6 heteroatoms. The van der Waals surface area contributed by atoms with E-state index in [4.69, 9.17) is 5.73 Å². The summed E-state index contributed by atoms with van der Waals surface area (Å²) in [5.41, 5.74) is 5.56. The van der Waals surface area contributed by atoms with Crippen LogP contribution in [0, 0.1) is 0 Å². The first-order valence-corrected chi connectivity index (χ1v) is 7.92. The summed E-state index contributed by atoms with van der Waals surface area (Å²) in [5.74, 6) is 0. The van der Waals surface area contributed by atoms with Crippen molar-refractivity contribution in [2.75, 3.05) is 12.3 Å². The van der Waals surface area contributed by atoms with Crippen LogP contribution >= 0.6 is 0 Å². The average Bonchev–Trinajstić information content (AvgIpc) is 2.47. The van der Waals surface area contributed by atoms with Crippen molar-refractivity contribution in [2.24, 2.45) is 0 Å². The molecule has 0 heterocycles. The molecular weight excluding hydrogens is 288 g/mol. The quantitative estimate of drug-likeness (QED) is 0.729. The number of anilines is 1. The second-order valence-electron chi connectivity index (χ2n) is 5.03. The van der Waals surface area contributed by atoms with Gasteiger partial charge in [0.05, 0.1) is 17.0 Å². The predicted molar refractivity (Wildman–Crippen MR) is 82.1 cm³/mol. The van der Waals surface area contributed by atoms with Gasteiger partial charge >= 0.3 is 0 Å². The molecule has 0 bridgehead atoms. The molecule has 0 aliphatic heterocycles. The number of aliphatic hydroxyl groups is 1. The van der Waals surface area contributed by atoms with E-state index in [2.05, 4.69) is 4.72 Å². The SMILES string of the molecule is CC(CO)(NS(=O)(=O)c1cccc(N)c1)c1ccccc1. The van der Waals surface area contributed by atoms with E-state index < -0.39 is 15.6 Å². The molecule has 0 saturated carbocycles. The number of aliphatic hydroxyl groups excluding tert-OH is 1. The number of hydrogen-bond acceptors (Lipinski definition) is 4. The van der Waals surface area contributed by atoms with Crippen molar-refractivity contribution in [3.63, 3.8) is 0 Å². The molecule has 0 aromatic heterocycles. The highest BCUT2D eigenvalue weighted by Gasteiger charge is 2.31. The van der Waals surface area contributed by atoms with Gasteiger partial charge in [0.25, 0.3) is 0 Å². The minimum absolute atomic E-state index is 0.0677. The third-order valence-corrected chi connectivity index (χ3v) is 4.85. The smallest absolute Gasteiger partial charge is 0.241 e. The standard InChI is InChI=1S/C15H18N2O3S/c1-15(11-18,12-6-3-2-4-7-12)17-21(19,20)14-9-5-8-13(16)10-14/h2-10,17-18H,11,16H2,1H3. The molecule has 0 saturated heterocycles. The lowest BCUT2D eigenvalue weighted by Crippen LogP contribution is -2.46. The van der Waals surface area contributed by atoms with E-state index in [1.165, 1.54) is 12.1 Å². The normalized spacial score (nSPS) is 14.6. The van der Waals surface area contributed by atoms with E-state index in [9.17, 15) is 13.5 Å². The Morgan fingerprint density at radius 1 is 1.14 bits per heavy atom. The summed E-state index contributed by atoms with van der Waals surface area (Å²) in [6.45, 7) is 1.27. The van der Waals surface area contributed by atoms with Gasteiger partial charge < -0.3 is 10.8 Å². The molecule has 0 spiro atoms. The number of nitrogen functional groups attached to an aromatic ring is 1. The Hall–Kier alpha value is -1.89. The van der Waals surface area contributed by atoms with Crippen LogP contribution in [0.4, 0.5) is 5.69 Å². The van der Waals surface area contributed by atoms with E-state index in [1.807, 2.05) is 6.07 Å². The maximum atomic E-state index is 12.5. The van der Waals surface area contributed by atoms with Crippen molar-refractivity contribution in [2.45, 2.75) is 17.4 Å². The second-order valence-corrected chi connectivity index (χ2v) is 6.72. The molecular formula is C15H18N2O3S. The lowest BCUT2D eigenvalue weighted by atomic mass is 9.94. The highest BCUT2D eigenvalue weighted by Crippen LogP contribution is 2.23. The Labute approximate surface area is 124 Å². The zero-order valence-corrected chi connectivity index (χ0v) is 12.5. The molecule has 2 rings (SSSR count). The highest BCUT2D eigenvalue weighted by atomic mass is 32.2. The molecule has 1 atom stereocenters. The fourth-order valence-electron chi connectivity index (χ4n) is 2.03. The van der Waals surface area contributed by atoms with Crippen LogP contribution in [0.5, 0.6) is 0 Å². The van der Waals surface area contributed by atoms with Gasteiger partial charge in [-0.15, -0.1) is 0 Å². The summed E-state index contributed by atoms with van der Waals surface area (Å²) in [5, 5.41) is 9.65. The molecule has 2 aromatic rings. The number of rotatable bonds is 5. The minimum Gasteiger partial charge on any atom is -0.399 e. The first-order valence-electron chi connectivity index (χ1n) is 6.43. The van der Waals surface area contributed by atoms with Gasteiger partial charge in [-0.1, -0.05) is 36.4 Å². The molecule has 4 N–H and O–H groups in total. The number of sulfonamides is 1. The highest BCUT2D eigenvalue weighted by molar-refractivity contribution is 7.89. The monoisotopic (exact) mass is 306 g/mol. The molecule has 1 unspecified atom stereocenters. The van der Waals surface area contributed by atoms with Crippen LogP contribution in [0.2, 0.25) is 0 Å². The maximum Gasteiger partial charge on any atom is 0.241 e. The van der Waals surface area contributed by atoms with Crippen molar-refractivity contribution < 1.29 is 13.5 Å². The van der Waals surface area contributed by atoms with Gasteiger partial charge in [0, 0.05) is 5.69 Å². The molecule has 2 aromatic carbocycles. The Kier molecular flexibility index (Phi) is 4.32. The molecule has 0 aliphatic rings. The summed E-state index contributed by atoms with van der Waals surface area (Å²) in [6.07, 6.45) is 0. The number of benzene rings is 2. The van der Waals surface area contributed by atoms with Crippen LogP contribution in [0.3, 0.4) is 0 Å². The topological polar surface area (TPSA) is 92.4 Å². The molecule has 0 fully saturated rings. The maximum absolute atomic E-state index is 12.5. The number of nitrogens with one attached hydrogen (secondary N) is 1. The zero-order chi connectivity index (χ0) is 15.5. The Balaban J connectivity index is 2.38. The van der Waals surface area contributed by atoms with Gasteiger partial charge in [0.2, 0.25) is 10.0 Å². The van der Waals surface area contributed by atoms with E-state index in [0.717, 1.165) is 0 Å². The Bertz CT molecular complexity index is 717. The van der Waals surface area contributed by atoms with Crippen molar-refractivity contribution >= 4 is 15.7 Å². The van der Waals surface area contributed by atoms with E-state index in [-0.39, 0.29) is 11.5 Å². The summed E-state index contributed by atoms with van der Waals surface area (Å²) in [6, 6.07) is 15.0. The van der Waals surface area contributed by atoms with Gasteiger partial charge in [0.15, 0.2) is 0 Å². The Morgan fingerprint density at radius 3 is 2.38 bits per heavy atom. The van der Waals surface area contributed by atoms with Crippen molar-refractivity contribution in [1.82, 2.24) is 4.72 Å². The average molecular weight is 306 g/mol. The summed E-state index contributed by atoms with van der Waals surface area (Å²) in [7, 11) is -3.79. The van der Waals surface area contributed by atoms with Gasteiger partial charge in [-0.2, -0.15) is 4.72 Å². The van der Waals surface area contributed by atoms with Crippen LogP contribution in [0.1, 0.15) is 12.5 Å². The van der Waals surface area contributed by atoms with Crippen LogP contribution in [-0.2, 0) is 15.6 Å². The van der Waals surface area contributed by atoms with Crippen molar-refractivity contribution in [3.05, 3.63) is 60.2 Å². The van der Waals surface area contributed by atoms with Gasteiger partial charge in [-0.25, -0.2) is 8.42 Å². The number of hydrogen-bond donors (Lipinski definition) is 3. The molecule has 0 aliphatic carbocycles. The van der Waals surface area contributed by atoms with Gasteiger partial charge in [0.1, 0.15) is 0 Å². The molecule has 5 nitrogen and oxygen atoms in total. The molecule has 21 heavy (non-hydrogen) atoms. The third-order valence-electron chi connectivity index (χ3n) is 3.26. The van der Waals surface area contributed by atoms with Crippen molar-refractivity contribution in [1.29, 1.82) is 0 Å². The minimum atomic E-state index is -3.79. The largest absolute Gasteiger partial charge is 0.399 e. The van der Waals surface area contributed by atoms with E-state index >= 15 is 0 Å². The molecule has 0 radical (unpaired) electrons. The number of nitrogens with two attached hydrogens (primary N) is 1. The molecule has 112 valence electrons. The van der Waals surface area contributed by atoms with Crippen molar-refractivity contribution in [3.8, 4) is 0 Å². The fourth-order valence-corrected chi connectivity index (χ4v) is 3.47.